The number of hydrogen-bond acceptors (Lipinski definition) is 5. The summed E-state index contributed by atoms with van der Waals surface area (Å²) in [5.74, 6) is 1.38. The summed E-state index contributed by atoms with van der Waals surface area (Å²) in [6.45, 7) is 3.81. The van der Waals surface area contributed by atoms with E-state index in [4.69, 9.17) is 4.74 Å². The Kier molecular flexibility index (Phi) is 5.51. The third kappa shape index (κ3) is 3.86. The third-order valence-corrected chi connectivity index (χ3v) is 4.61. The van der Waals surface area contributed by atoms with Crippen molar-refractivity contribution >= 4 is 23.6 Å². The average molecular weight is 286 g/mol. The molecule has 0 radical (unpaired) electrons. The van der Waals surface area contributed by atoms with Gasteiger partial charge in [0.25, 0.3) is 0 Å². The summed E-state index contributed by atoms with van der Waals surface area (Å²) in [7, 11) is 0. The Labute approximate surface area is 118 Å². The van der Waals surface area contributed by atoms with Gasteiger partial charge in [-0.3, -0.25) is 4.79 Å². The molecule has 0 saturated carbocycles. The molecule has 2 rings (SSSR count). The monoisotopic (exact) mass is 286 g/mol. The first-order valence-electron chi connectivity index (χ1n) is 6.99. The molecule has 0 bridgehead atoms. The summed E-state index contributed by atoms with van der Waals surface area (Å²) < 4.78 is 5.07. The van der Waals surface area contributed by atoms with Gasteiger partial charge in [-0.2, -0.15) is 11.8 Å². The van der Waals surface area contributed by atoms with Gasteiger partial charge in [0.15, 0.2) is 0 Å². The molecule has 0 aromatic rings. The van der Waals surface area contributed by atoms with E-state index in [0.717, 1.165) is 25.1 Å². The number of hydrogen-bond donors (Lipinski definition) is 1. The molecule has 2 aliphatic rings. The third-order valence-electron chi connectivity index (χ3n) is 3.59. The molecular weight excluding hydrogens is 264 g/mol. The number of ether oxygens (including phenoxy) is 1. The van der Waals surface area contributed by atoms with Crippen molar-refractivity contribution < 1.29 is 14.3 Å². The van der Waals surface area contributed by atoms with Crippen LogP contribution in [0.1, 0.15) is 26.2 Å². The molecule has 1 amide bonds. The molecular formula is C13H22N2O3S. The van der Waals surface area contributed by atoms with Crippen molar-refractivity contribution in [3.05, 3.63) is 0 Å². The zero-order chi connectivity index (χ0) is 13.7. The Morgan fingerprint density at radius 2 is 2.32 bits per heavy atom. The van der Waals surface area contributed by atoms with Gasteiger partial charge < -0.3 is 15.0 Å². The Balaban J connectivity index is 1.93. The first kappa shape index (κ1) is 14.7. The van der Waals surface area contributed by atoms with Crippen LogP contribution in [0.2, 0.25) is 0 Å². The quantitative estimate of drug-likeness (QED) is 0.768. The van der Waals surface area contributed by atoms with Gasteiger partial charge in [0.2, 0.25) is 5.91 Å². The Hall–Kier alpha value is -0.750. The predicted octanol–water partition coefficient (Wildman–Crippen LogP) is 0.636. The maximum absolute atomic E-state index is 12.3. The summed E-state index contributed by atoms with van der Waals surface area (Å²) in [6.07, 6.45) is 2.69. The summed E-state index contributed by atoms with van der Waals surface area (Å²) in [5, 5.41) is 3.33. The van der Waals surface area contributed by atoms with E-state index >= 15 is 0 Å². The molecule has 0 spiro atoms. The number of nitrogens with one attached hydrogen (secondary N) is 1. The van der Waals surface area contributed by atoms with Gasteiger partial charge in [0, 0.05) is 30.5 Å². The lowest BCUT2D eigenvalue weighted by molar-refractivity contribution is -0.154. The van der Waals surface area contributed by atoms with E-state index < -0.39 is 6.04 Å². The molecule has 19 heavy (non-hydrogen) atoms. The van der Waals surface area contributed by atoms with Gasteiger partial charge in [-0.1, -0.05) is 0 Å². The number of amides is 1. The summed E-state index contributed by atoms with van der Waals surface area (Å²) in [6, 6.07) is -0.113. The fourth-order valence-corrected chi connectivity index (χ4v) is 3.63. The number of carbonyl (C=O) groups is 2. The molecule has 0 aliphatic carbocycles. The van der Waals surface area contributed by atoms with Crippen LogP contribution >= 0.6 is 11.8 Å². The second-order valence-corrected chi connectivity index (χ2v) is 6.08. The molecule has 2 atom stereocenters. The standard InChI is InChI=1S/C13H22N2O3S/c1-2-18-13(17)11-9-19-7-6-15(11)12(16)8-10-4-3-5-14-10/h10-11,14H,2-9H2,1H3. The second kappa shape index (κ2) is 7.14. The highest BCUT2D eigenvalue weighted by molar-refractivity contribution is 7.99. The van der Waals surface area contributed by atoms with E-state index in [-0.39, 0.29) is 17.9 Å². The molecule has 2 unspecified atom stereocenters. The maximum atomic E-state index is 12.3. The van der Waals surface area contributed by atoms with Gasteiger partial charge >= 0.3 is 5.97 Å². The molecule has 6 heteroatoms. The van der Waals surface area contributed by atoms with Gasteiger partial charge in [-0.25, -0.2) is 4.79 Å². The van der Waals surface area contributed by atoms with Gasteiger partial charge in [0.05, 0.1) is 6.61 Å². The molecule has 0 aromatic carbocycles. The number of carbonyl (C=O) groups excluding carboxylic acids is 2. The van der Waals surface area contributed by atoms with Crippen LogP contribution in [0.5, 0.6) is 0 Å². The topological polar surface area (TPSA) is 58.6 Å². The van der Waals surface area contributed by atoms with E-state index in [2.05, 4.69) is 5.32 Å². The fourth-order valence-electron chi connectivity index (χ4n) is 2.59. The van der Waals surface area contributed by atoms with Crippen LogP contribution in [-0.2, 0) is 14.3 Å². The molecule has 1 N–H and O–H groups in total. The summed E-state index contributed by atoms with van der Waals surface area (Å²) in [4.78, 5) is 26.0. The number of nitrogens with zero attached hydrogens (tertiary/aromatic N) is 1. The Morgan fingerprint density at radius 1 is 1.47 bits per heavy atom. The highest BCUT2D eigenvalue weighted by Crippen LogP contribution is 2.20. The van der Waals surface area contributed by atoms with Crippen molar-refractivity contribution in [1.82, 2.24) is 10.2 Å². The lowest BCUT2D eigenvalue weighted by Gasteiger charge is -2.34. The van der Waals surface area contributed by atoms with Crippen LogP contribution in [0, 0.1) is 0 Å². The van der Waals surface area contributed by atoms with Crippen LogP contribution < -0.4 is 5.32 Å². The van der Waals surface area contributed by atoms with Crippen LogP contribution in [0.15, 0.2) is 0 Å². The molecule has 5 nitrogen and oxygen atoms in total. The van der Waals surface area contributed by atoms with Gasteiger partial charge in [0.1, 0.15) is 6.04 Å². The average Bonchev–Trinajstić information content (AvgIpc) is 2.92. The van der Waals surface area contributed by atoms with Crippen LogP contribution in [0.4, 0.5) is 0 Å². The van der Waals surface area contributed by atoms with Gasteiger partial charge in [-0.05, 0) is 26.3 Å². The minimum absolute atomic E-state index is 0.0813. The van der Waals surface area contributed by atoms with Crippen LogP contribution in [0.3, 0.4) is 0 Å². The Bertz CT molecular complexity index is 332. The molecule has 2 saturated heterocycles. The summed E-state index contributed by atoms with van der Waals surface area (Å²) >= 11 is 1.71. The van der Waals surface area contributed by atoms with E-state index in [9.17, 15) is 9.59 Å². The van der Waals surface area contributed by atoms with E-state index in [1.165, 1.54) is 0 Å². The first-order valence-corrected chi connectivity index (χ1v) is 8.15. The summed E-state index contributed by atoms with van der Waals surface area (Å²) in [5.41, 5.74) is 0. The highest BCUT2D eigenvalue weighted by Gasteiger charge is 2.34. The number of rotatable bonds is 4. The van der Waals surface area contributed by atoms with E-state index in [1.807, 2.05) is 0 Å². The van der Waals surface area contributed by atoms with Crippen molar-refractivity contribution in [2.45, 2.75) is 38.3 Å². The molecule has 2 heterocycles. The van der Waals surface area contributed by atoms with Crippen molar-refractivity contribution in [3.8, 4) is 0 Å². The fraction of sp³-hybridized carbons (Fsp3) is 0.846. The van der Waals surface area contributed by atoms with Crippen molar-refractivity contribution in [2.75, 3.05) is 31.2 Å². The normalized spacial score (nSPS) is 27.3. The zero-order valence-corrected chi connectivity index (χ0v) is 12.2. The second-order valence-electron chi connectivity index (χ2n) is 4.93. The lowest BCUT2D eigenvalue weighted by atomic mass is 10.1. The zero-order valence-electron chi connectivity index (χ0n) is 11.4. The largest absolute Gasteiger partial charge is 0.464 e. The Morgan fingerprint density at radius 3 is 3.00 bits per heavy atom. The lowest BCUT2D eigenvalue weighted by Crippen LogP contribution is -2.51. The van der Waals surface area contributed by atoms with Crippen LogP contribution in [0.25, 0.3) is 0 Å². The first-order chi connectivity index (χ1) is 9.22. The number of esters is 1. The number of thioether (sulfide) groups is 1. The van der Waals surface area contributed by atoms with Gasteiger partial charge in [-0.15, -0.1) is 0 Å². The predicted molar refractivity (Wildman–Crippen MR) is 75.1 cm³/mol. The van der Waals surface area contributed by atoms with Crippen molar-refractivity contribution in [2.24, 2.45) is 0 Å². The minimum atomic E-state index is -0.396. The maximum Gasteiger partial charge on any atom is 0.329 e. The van der Waals surface area contributed by atoms with Crippen molar-refractivity contribution in [3.63, 3.8) is 0 Å². The molecule has 0 aromatic heterocycles. The van der Waals surface area contributed by atoms with E-state index in [1.54, 1.807) is 23.6 Å². The minimum Gasteiger partial charge on any atom is -0.464 e. The van der Waals surface area contributed by atoms with E-state index in [0.29, 0.717) is 25.3 Å². The highest BCUT2D eigenvalue weighted by atomic mass is 32.2. The smallest absolute Gasteiger partial charge is 0.329 e. The molecule has 108 valence electrons. The SMILES string of the molecule is CCOC(=O)C1CSCCN1C(=O)CC1CCCN1. The van der Waals surface area contributed by atoms with Crippen LogP contribution in [-0.4, -0.2) is 60.1 Å². The molecule has 2 aliphatic heterocycles. The molecule has 2 fully saturated rings. The van der Waals surface area contributed by atoms with Crippen molar-refractivity contribution in [1.29, 1.82) is 0 Å².